The molecule has 0 radical (unpaired) electrons. The first-order valence-corrected chi connectivity index (χ1v) is 6.86. The van der Waals surface area contributed by atoms with Gasteiger partial charge >= 0.3 is 0 Å². The quantitative estimate of drug-likeness (QED) is 0.835. The van der Waals surface area contributed by atoms with Crippen molar-refractivity contribution in [2.45, 2.75) is 37.5 Å². The van der Waals surface area contributed by atoms with Crippen LogP contribution in [0.3, 0.4) is 0 Å². The summed E-state index contributed by atoms with van der Waals surface area (Å²) in [5.74, 6) is 2.58. The van der Waals surface area contributed by atoms with Gasteiger partial charge in [-0.05, 0) is 41.6 Å². The monoisotopic (exact) mass is 284 g/mol. The van der Waals surface area contributed by atoms with Gasteiger partial charge in [-0.25, -0.2) is 4.98 Å². The Hall–Kier alpha value is -0.350. The zero-order chi connectivity index (χ0) is 11.1. The Morgan fingerprint density at radius 1 is 1.19 bits per heavy atom. The van der Waals surface area contributed by atoms with Crippen LogP contribution in [0.5, 0.6) is 0 Å². The molecule has 1 aliphatic heterocycles. The Balaban J connectivity index is 1.91. The summed E-state index contributed by atoms with van der Waals surface area (Å²) < 4.78 is 8.79. The molecule has 3 rings (SSSR count). The molecule has 16 heavy (non-hydrogen) atoms. The molecule has 1 aliphatic carbocycles. The fourth-order valence-corrected chi connectivity index (χ4v) is 3.39. The zero-order valence-corrected chi connectivity index (χ0v) is 11.2. The summed E-state index contributed by atoms with van der Waals surface area (Å²) in [6.07, 6.45) is 4.87. The van der Waals surface area contributed by atoms with E-state index in [0.29, 0.717) is 5.92 Å². The molecule has 2 aliphatic rings. The van der Waals surface area contributed by atoms with Crippen LogP contribution in [-0.2, 0) is 11.8 Å². The van der Waals surface area contributed by atoms with E-state index in [1.165, 1.54) is 24.4 Å². The van der Waals surface area contributed by atoms with E-state index in [4.69, 9.17) is 9.72 Å². The van der Waals surface area contributed by atoms with E-state index in [1.807, 2.05) is 0 Å². The lowest BCUT2D eigenvalue weighted by atomic mass is 9.99. The molecule has 1 saturated heterocycles. The number of ether oxygens (including phenoxy) is 1. The van der Waals surface area contributed by atoms with Crippen LogP contribution in [0.15, 0.2) is 4.60 Å². The highest BCUT2D eigenvalue weighted by atomic mass is 79.9. The molecule has 0 spiro atoms. The maximum absolute atomic E-state index is 5.41. The van der Waals surface area contributed by atoms with Gasteiger partial charge in [-0.15, -0.1) is 0 Å². The maximum atomic E-state index is 5.41. The van der Waals surface area contributed by atoms with Crippen LogP contribution in [0, 0.1) is 0 Å². The molecule has 0 amide bonds. The second-order valence-corrected chi connectivity index (χ2v) is 5.62. The molecule has 0 bridgehead atoms. The van der Waals surface area contributed by atoms with Crippen LogP contribution in [0.1, 0.15) is 49.0 Å². The van der Waals surface area contributed by atoms with Crippen molar-refractivity contribution in [3.05, 3.63) is 16.1 Å². The Bertz CT molecular complexity index is 392. The predicted molar refractivity (Wildman–Crippen MR) is 65.7 cm³/mol. The minimum Gasteiger partial charge on any atom is -0.381 e. The smallest absolute Gasteiger partial charge is 0.127 e. The number of hydrogen-bond donors (Lipinski definition) is 0. The SMILES string of the molecule is Cn1c(C2CCOCC2)nc(Br)c1C1CC1. The molecule has 0 unspecified atom stereocenters. The van der Waals surface area contributed by atoms with Gasteiger partial charge in [-0.3, -0.25) is 0 Å². The van der Waals surface area contributed by atoms with Gasteiger partial charge in [0.25, 0.3) is 0 Å². The van der Waals surface area contributed by atoms with E-state index in [-0.39, 0.29) is 0 Å². The topological polar surface area (TPSA) is 27.1 Å². The number of imidazole rings is 1. The largest absolute Gasteiger partial charge is 0.381 e. The number of nitrogens with zero attached hydrogens (tertiary/aromatic N) is 2. The summed E-state index contributed by atoms with van der Waals surface area (Å²) in [7, 11) is 2.16. The van der Waals surface area contributed by atoms with Crippen LogP contribution in [0.25, 0.3) is 0 Å². The fraction of sp³-hybridized carbons (Fsp3) is 0.750. The number of halogens is 1. The second-order valence-electron chi connectivity index (χ2n) is 4.87. The number of hydrogen-bond acceptors (Lipinski definition) is 2. The number of rotatable bonds is 2. The molecule has 0 atom stereocenters. The molecule has 88 valence electrons. The lowest BCUT2D eigenvalue weighted by Gasteiger charge is -2.21. The van der Waals surface area contributed by atoms with Crippen molar-refractivity contribution < 1.29 is 4.74 Å². The first-order chi connectivity index (χ1) is 7.77. The van der Waals surface area contributed by atoms with E-state index < -0.39 is 0 Å². The molecule has 3 nitrogen and oxygen atoms in total. The summed E-state index contributed by atoms with van der Waals surface area (Å²) in [4.78, 5) is 4.72. The van der Waals surface area contributed by atoms with E-state index in [2.05, 4.69) is 27.5 Å². The average molecular weight is 285 g/mol. The molecule has 2 heterocycles. The summed E-state index contributed by atoms with van der Waals surface area (Å²) >= 11 is 3.61. The third-order valence-corrected chi connectivity index (χ3v) is 4.26. The van der Waals surface area contributed by atoms with Crippen molar-refractivity contribution in [3.63, 3.8) is 0 Å². The van der Waals surface area contributed by atoms with E-state index in [0.717, 1.165) is 36.6 Å². The minimum atomic E-state index is 0.586. The lowest BCUT2D eigenvalue weighted by molar-refractivity contribution is 0.0830. The average Bonchev–Trinajstić information content (AvgIpc) is 3.07. The first-order valence-electron chi connectivity index (χ1n) is 6.07. The number of aromatic nitrogens is 2. The molecule has 2 fully saturated rings. The van der Waals surface area contributed by atoms with Crippen molar-refractivity contribution in [1.82, 2.24) is 9.55 Å². The van der Waals surface area contributed by atoms with Gasteiger partial charge in [0.1, 0.15) is 10.4 Å². The molecule has 1 aromatic heterocycles. The second kappa shape index (κ2) is 4.15. The van der Waals surface area contributed by atoms with Crippen LogP contribution in [0.4, 0.5) is 0 Å². The normalized spacial score (nSPS) is 22.6. The molecule has 4 heteroatoms. The highest BCUT2D eigenvalue weighted by molar-refractivity contribution is 9.10. The van der Waals surface area contributed by atoms with Crippen LogP contribution >= 0.6 is 15.9 Å². The van der Waals surface area contributed by atoms with E-state index in [1.54, 1.807) is 0 Å². The predicted octanol–water partition coefficient (Wildman–Crippen LogP) is 2.95. The Labute approximate surface area is 104 Å². The third kappa shape index (κ3) is 1.82. The van der Waals surface area contributed by atoms with Gasteiger partial charge in [-0.2, -0.15) is 0 Å². The van der Waals surface area contributed by atoms with Gasteiger partial charge in [0.15, 0.2) is 0 Å². The van der Waals surface area contributed by atoms with Crippen molar-refractivity contribution in [1.29, 1.82) is 0 Å². The Kier molecular flexibility index (Phi) is 2.80. The minimum absolute atomic E-state index is 0.586. The molecule has 1 aromatic rings. The van der Waals surface area contributed by atoms with Gasteiger partial charge in [0.05, 0.1) is 5.69 Å². The summed E-state index contributed by atoms with van der Waals surface area (Å²) in [6, 6.07) is 0. The molecule has 0 aromatic carbocycles. The molecule has 1 saturated carbocycles. The molecule has 0 N–H and O–H groups in total. The lowest BCUT2D eigenvalue weighted by Crippen LogP contribution is -2.17. The third-order valence-electron chi connectivity index (χ3n) is 3.68. The Morgan fingerprint density at radius 2 is 1.88 bits per heavy atom. The van der Waals surface area contributed by atoms with Gasteiger partial charge in [-0.1, -0.05) is 0 Å². The highest BCUT2D eigenvalue weighted by Gasteiger charge is 2.32. The summed E-state index contributed by atoms with van der Waals surface area (Å²) in [5, 5.41) is 0. The fourth-order valence-electron chi connectivity index (χ4n) is 2.61. The van der Waals surface area contributed by atoms with Gasteiger partial charge in [0.2, 0.25) is 0 Å². The molecular formula is C12H17BrN2O. The van der Waals surface area contributed by atoms with Crippen LogP contribution < -0.4 is 0 Å². The summed E-state index contributed by atoms with van der Waals surface area (Å²) in [6.45, 7) is 1.77. The summed E-state index contributed by atoms with van der Waals surface area (Å²) in [5.41, 5.74) is 1.40. The van der Waals surface area contributed by atoms with Crippen LogP contribution in [0.2, 0.25) is 0 Å². The van der Waals surface area contributed by atoms with Gasteiger partial charge < -0.3 is 9.30 Å². The van der Waals surface area contributed by atoms with E-state index in [9.17, 15) is 0 Å². The van der Waals surface area contributed by atoms with Crippen molar-refractivity contribution in [2.75, 3.05) is 13.2 Å². The van der Waals surface area contributed by atoms with E-state index >= 15 is 0 Å². The standard InChI is InChI=1S/C12H17BrN2O/c1-15-10(8-2-3-8)11(13)14-12(15)9-4-6-16-7-5-9/h8-9H,2-7H2,1H3. The maximum Gasteiger partial charge on any atom is 0.127 e. The Morgan fingerprint density at radius 3 is 2.50 bits per heavy atom. The van der Waals surface area contributed by atoms with Crippen LogP contribution in [-0.4, -0.2) is 22.8 Å². The van der Waals surface area contributed by atoms with Gasteiger partial charge in [0, 0.05) is 32.1 Å². The van der Waals surface area contributed by atoms with Crippen molar-refractivity contribution in [3.8, 4) is 0 Å². The molecular weight excluding hydrogens is 268 g/mol. The zero-order valence-electron chi connectivity index (χ0n) is 9.58. The highest BCUT2D eigenvalue weighted by Crippen LogP contribution is 2.44. The first kappa shape index (κ1) is 10.8. The van der Waals surface area contributed by atoms with Crippen molar-refractivity contribution in [2.24, 2.45) is 7.05 Å². The van der Waals surface area contributed by atoms with Crippen molar-refractivity contribution >= 4 is 15.9 Å².